The number of benzene rings is 2. The van der Waals surface area contributed by atoms with Crippen LogP contribution in [0.25, 0.3) is 10.9 Å². The predicted octanol–water partition coefficient (Wildman–Crippen LogP) is 5.20. The highest BCUT2D eigenvalue weighted by Crippen LogP contribution is 2.30. The van der Waals surface area contributed by atoms with Crippen LogP contribution in [0.2, 0.25) is 5.02 Å². The van der Waals surface area contributed by atoms with E-state index in [0.29, 0.717) is 21.8 Å². The Morgan fingerprint density at radius 2 is 1.93 bits per heavy atom. The van der Waals surface area contributed by atoms with Gasteiger partial charge in [-0.15, -0.1) is 10.2 Å². The van der Waals surface area contributed by atoms with Crippen molar-refractivity contribution in [3.8, 4) is 5.75 Å². The van der Waals surface area contributed by atoms with E-state index < -0.39 is 0 Å². The molecule has 0 spiro atoms. The Morgan fingerprint density at radius 1 is 1.20 bits per heavy atom. The van der Waals surface area contributed by atoms with Crippen LogP contribution in [0.5, 0.6) is 5.75 Å². The van der Waals surface area contributed by atoms with E-state index in [-0.39, 0.29) is 17.6 Å². The third-order valence-corrected chi connectivity index (χ3v) is 6.36. The molecule has 2 heterocycles. The second-order valence-electron chi connectivity index (χ2n) is 6.97. The Kier molecular flexibility index (Phi) is 5.83. The summed E-state index contributed by atoms with van der Waals surface area (Å²) in [5, 5.41) is 10.3. The molecule has 0 saturated carbocycles. The molecule has 30 heavy (non-hydrogen) atoms. The molecule has 4 rings (SSSR count). The van der Waals surface area contributed by atoms with Crippen molar-refractivity contribution in [2.75, 3.05) is 0 Å². The van der Waals surface area contributed by atoms with Crippen molar-refractivity contribution in [3.63, 3.8) is 0 Å². The van der Waals surface area contributed by atoms with Gasteiger partial charge in [-0.3, -0.25) is 4.79 Å². The first-order valence-electron chi connectivity index (χ1n) is 9.49. The lowest BCUT2D eigenvalue weighted by Gasteiger charge is -2.11. The van der Waals surface area contributed by atoms with Gasteiger partial charge in [-0.2, -0.15) is 0 Å². The summed E-state index contributed by atoms with van der Waals surface area (Å²) in [6.45, 7) is 4.05. The zero-order valence-electron chi connectivity index (χ0n) is 16.8. The maximum atomic E-state index is 13.2. The van der Waals surface area contributed by atoms with Gasteiger partial charge < -0.3 is 14.3 Å². The van der Waals surface area contributed by atoms with Gasteiger partial charge in [-0.05, 0) is 32.0 Å². The standard InChI is InChI=1S/C22H21ClN4O2S/c1-13-20(15-8-4-6-10-17(15)24-13)21(28)14(2)30-22-26-25-19(27(22)3)12-29-18-11-7-5-9-16(18)23/h4-11,14,24H,12H2,1-3H3. The van der Waals surface area contributed by atoms with Crippen molar-refractivity contribution in [2.24, 2.45) is 7.05 Å². The van der Waals surface area contributed by atoms with Gasteiger partial charge in [0.1, 0.15) is 12.4 Å². The number of rotatable bonds is 7. The second kappa shape index (κ2) is 8.53. The molecule has 0 aliphatic rings. The Bertz CT molecular complexity index is 1220. The molecular weight excluding hydrogens is 420 g/mol. The minimum atomic E-state index is -0.317. The number of aromatic amines is 1. The van der Waals surface area contributed by atoms with E-state index in [9.17, 15) is 4.79 Å². The Balaban J connectivity index is 1.48. The smallest absolute Gasteiger partial charge is 0.191 e. The maximum absolute atomic E-state index is 13.2. The predicted molar refractivity (Wildman–Crippen MR) is 119 cm³/mol. The first-order valence-corrected chi connectivity index (χ1v) is 10.7. The number of fused-ring (bicyclic) bond motifs is 1. The molecule has 1 N–H and O–H groups in total. The van der Waals surface area contributed by atoms with Gasteiger partial charge in [0.05, 0.1) is 10.3 Å². The van der Waals surface area contributed by atoms with Gasteiger partial charge in [0.25, 0.3) is 0 Å². The summed E-state index contributed by atoms with van der Waals surface area (Å²) in [4.78, 5) is 16.5. The summed E-state index contributed by atoms with van der Waals surface area (Å²) in [6.07, 6.45) is 0. The van der Waals surface area contributed by atoms with Crippen LogP contribution < -0.4 is 4.74 Å². The van der Waals surface area contributed by atoms with Gasteiger partial charge in [-0.1, -0.05) is 53.7 Å². The molecule has 2 aromatic carbocycles. The van der Waals surface area contributed by atoms with E-state index in [1.54, 1.807) is 12.1 Å². The van der Waals surface area contributed by atoms with E-state index in [2.05, 4.69) is 15.2 Å². The zero-order valence-corrected chi connectivity index (χ0v) is 18.4. The van der Waals surface area contributed by atoms with E-state index in [0.717, 1.165) is 22.2 Å². The zero-order chi connectivity index (χ0) is 21.3. The molecular formula is C22H21ClN4O2S. The van der Waals surface area contributed by atoms with Crippen molar-refractivity contribution in [2.45, 2.75) is 30.9 Å². The normalized spacial score (nSPS) is 12.3. The van der Waals surface area contributed by atoms with E-state index in [4.69, 9.17) is 16.3 Å². The van der Waals surface area contributed by atoms with Crippen molar-refractivity contribution < 1.29 is 9.53 Å². The Labute approximate surface area is 183 Å². The molecule has 0 amide bonds. The summed E-state index contributed by atoms with van der Waals surface area (Å²) in [7, 11) is 1.86. The number of carbonyl (C=O) groups excluding carboxylic acids is 1. The van der Waals surface area contributed by atoms with Crippen LogP contribution >= 0.6 is 23.4 Å². The summed E-state index contributed by atoms with van der Waals surface area (Å²) >= 11 is 7.51. The number of aromatic nitrogens is 4. The van der Waals surface area contributed by atoms with Crippen molar-refractivity contribution in [3.05, 3.63) is 70.6 Å². The van der Waals surface area contributed by atoms with Gasteiger partial charge in [-0.25, -0.2) is 0 Å². The fraction of sp³-hybridized carbons (Fsp3) is 0.227. The van der Waals surface area contributed by atoms with Gasteiger partial charge in [0.2, 0.25) is 0 Å². The highest BCUT2D eigenvalue weighted by Gasteiger charge is 2.24. The van der Waals surface area contributed by atoms with Crippen molar-refractivity contribution in [1.82, 2.24) is 19.7 Å². The number of H-pyrrole nitrogens is 1. The SMILES string of the molecule is Cc1[nH]c2ccccc2c1C(=O)C(C)Sc1nnc(COc2ccccc2Cl)n1C. The van der Waals surface area contributed by atoms with Crippen LogP contribution in [0.3, 0.4) is 0 Å². The average Bonchev–Trinajstić information content (AvgIpc) is 3.25. The lowest BCUT2D eigenvalue weighted by atomic mass is 10.1. The number of Topliss-reactive ketones (excluding diaryl/α,β-unsaturated/α-hetero) is 1. The molecule has 6 nitrogen and oxygen atoms in total. The molecule has 0 fully saturated rings. The number of nitrogens with one attached hydrogen (secondary N) is 1. The van der Waals surface area contributed by atoms with Crippen LogP contribution in [-0.4, -0.2) is 30.8 Å². The summed E-state index contributed by atoms with van der Waals surface area (Å²) in [5.41, 5.74) is 2.57. The number of nitrogens with zero attached hydrogens (tertiary/aromatic N) is 3. The lowest BCUT2D eigenvalue weighted by molar-refractivity contribution is 0.0995. The molecule has 4 aromatic rings. The number of para-hydroxylation sites is 2. The van der Waals surface area contributed by atoms with Crippen LogP contribution in [0.1, 0.15) is 28.8 Å². The molecule has 1 unspecified atom stereocenters. The topological polar surface area (TPSA) is 72.8 Å². The molecule has 0 aliphatic heterocycles. The number of hydrogen-bond donors (Lipinski definition) is 1. The Hall–Kier alpha value is -2.77. The van der Waals surface area contributed by atoms with E-state index in [1.807, 2.05) is 61.9 Å². The van der Waals surface area contributed by atoms with Gasteiger partial charge in [0.15, 0.2) is 16.8 Å². The number of carbonyl (C=O) groups is 1. The molecule has 0 bridgehead atoms. The van der Waals surface area contributed by atoms with Crippen LogP contribution in [-0.2, 0) is 13.7 Å². The van der Waals surface area contributed by atoms with E-state index >= 15 is 0 Å². The number of thioether (sulfide) groups is 1. The molecule has 8 heteroatoms. The molecule has 2 aromatic heterocycles. The first kappa shape index (κ1) is 20.5. The second-order valence-corrected chi connectivity index (χ2v) is 8.69. The molecule has 0 saturated heterocycles. The molecule has 154 valence electrons. The number of ketones is 1. The summed E-state index contributed by atoms with van der Waals surface area (Å²) < 4.78 is 7.60. The lowest BCUT2D eigenvalue weighted by Crippen LogP contribution is -2.15. The molecule has 1 atom stereocenters. The third-order valence-electron chi connectivity index (χ3n) is 4.91. The Morgan fingerprint density at radius 3 is 2.73 bits per heavy atom. The first-order chi connectivity index (χ1) is 14.5. The van der Waals surface area contributed by atoms with Crippen molar-refractivity contribution in [1.29, 1.82) is 0 Å². The highest BCUT2D eigenvalue weighted by molar-refractivity contribution is 8.00. The van der Waals surface area contributed by atoms with Crippen molar-refractivity contribution >= 4 is 40.0 Å². The highest BCUT2D eigenvalue weighted by atomic mass is 35.5. The quantitative estimate of drug-likeness (QED) is 0.316. The summed E-state index contributed by atoms with van der Waals surface area (Å²) in [5.74, 6) is 1.31. The van der Waals surface area contributed by atoms with Crippen LogP contribution in [0.4, 0.5) is 0 Å². The minimum Gasteiger partial charge on any atom is -0.484 e. The van der Waals surface area contributed by atoms with Gasteiger partial charge in [0, 0.05) is 29.2 Å². The molecule has 0 aliphatic carbocycles. The fourth-order valence-corrected chi connectivity index (χ4v) is 4.37. The number of halogens is 1. The number of aryl methyl sites for hydroxylation is 1. The number of ether oxygens (including phenoxy) is 1. The minimum absolute atomic E-state index is 0.0619. The van der Waals surface area contributed by atoms with E-state index in [1.165, 1.54) is 11.8 Å². The third kappa shape index (κ3) is 3.95. The largest absolute Gasteiger partial charge is 0.484 e. The maximum Gasteiger partial charge on any atom is 0.191 e. The monoisotopic (exact) mass is 440 g/mol. The fourth-order valence-electron chi connectivity index (χ4n) is 3.29. The summed E-state index contributed by atoms with van der Waals surface area (Å²) in [6, 6.07) is 15.1. The molecule has 0 radical (unpaired) electrons. The van der Waals surface area contributed by atoms with Crippen LogP contribution in [0, 0.1) is 6.92 Å². The number of hydrogen-bond acceptors (Lipinski definition) is 5. The average molecular weight is 441 g/mol. The van der Waals surface area contributed by atoms with Gasteiger partial charge >= 0.3 is 0 Å². The van der Waals surface area contributed by atoms with Crippen LogP contribution in [0.15, 0.2) is 53.7 Å².